The smallest absolute Gasteiger partial charge is 0.338 e. The normalized spacial score (nSPS) is 18.1. The van der Waals surface area contributed by atoms with Crippen molar-refractivity contribution in [1.82, 2.24) is 4.90 Å². The molecule has 11 nitrogen and oxygen atoms in total. The predicted octanol–water partition coefficient (Wildman–Crippen LogP) is 12.0. The molecule has 0 atom stereocenters. The zero-order valence-electron chi connectivity index (χ0n) is 42.3. The maximum absolute atomic E-state index is 12.6. The van der Waals surface area contributed by atoms with E-state index in [-0.39, 0.29) is 43.6 Å². The summed E-state index contributed by atoms with van der Waals surface area (Å²) in [6.07, 6.45) is 19.9. The van der Waals surface area contributed by atoms with E-state index >= 15 is 0 Å². The van der Waals surface area contributed by atoms with Gasteiger partial charge in [-0.3, -0.25) is 19.3 Å². The van der Waals surface area contributed by atoms with Gasteiger partial charge in [0.25, 0.3) is 0 Å². The largest absolute Gasteiger partial charge is 0.493 e. The fourth-order valence-corrected chi connectivity index (χ4v) is 9.30. The first-order chi connectivity index (χ1) is 32.9. The van der Waals surface area contributed by atoms with Crippen molar-refractivity contribution in [3.8, 4) is 17.2 Å². The van der Waals surface area contributed by atoms with Crippen LogP contribution in [0.2, 0.25) is 0 Å². The molecule has 11 heteroatoms. The lowest BCUT2D eigenvalue weighted by molar-refractivity contribution is -0.144. The van der Waals surface area contributed by atoms with Gasteiger partial charge in [-0.25, -0.2) is 4.79 Å². The average molecular weight is 944 g/mol. The second-order valence-corrected chi connectivity index (χ2v) is 19.6. The van der Waals surface area contributed by atoms with Crippen LogP contribution in [0.5, 0.6) is 17.2 Å². The minimum absolute atomic E-state index is 0.0215. The quantitative estimate of drug-likeness (QED) is 0.0317. The van der Waals surface area contributed by atoms with Crippen LogP contribution >= 0.6 is 0 Å². The Bertz CT molecular complexity index is 1870. The molecule has 0 unspecified atom stereocenters. The SMILES string of the molecule is C=C(C)C(=O)Cc1cc(C2CCC(C)CC2)ccc1OCCCCCOC(=O)CCN(CCO)CCC(=O)OCCCCCOc1ccc(C2CCC(CCCCC)CC2)cc1OC(=O)C(=C)C. The first kappa shape index (κ1) is 56.1. The van der Waals surface area contributed by atoms with Crippen LogP contribution in [0.15, 0.2) is 60.7 Å². The molecule has 378 valence electrons. The molecule has 2 aliphatic carbocycles. The van der Waals surface area contributed by atoms with Gasteiger partial charge in [0.1, 0.15) is 5.75 Å². The first-order valence-electron chi connectivity index (χ1n) is 26.1. The fraction of sp³-hybridized carbons (Fsp3) is 0.649. The van der Waals surface area contributed by atoms with Crippen LogP contribution in [-0.2, 0) is 35.1 Å². The van der Waals surface area contributed by atoms with Gasteiger partial charge in [-0.15, -0.1) is 0 Å². The molecule has 0 spiro atoms. The second-order valence-electron chi connectivity index (χ2n) is 19.6. The molecule has 0 aromatic heterocycles. The highest BCUT2D eigenvalue weighted by atomic mass is 16.6. The van der Waals surface area contributed by atoms with Crippen LogP contribution in [0.25, 0.3) is 0 Å². The van der Waals surface area contributed by atoms with Crippen molar-refractivity contribution in [2.45, 2.75) is 174 Å². The van der Waals surface area contributed by atoms with Crippen LogP contribution in [0, 0.1) is 11.8 Å². The summed E-state index contributed by atoms with van der Waals surface area (Å²) in [7, 11) is 0. The first-order valence-corrected chi connectivity index (χ1v) is 26.1. The number of unbranched alkanes of at least 4 members (excludes halogenated alkanes) is 6. The number of hydrogen-bond acceptors (Lipinski definition) is 11. The van der Waals surface area contributed by atoms with Gasteiger partial charge in [-0.2, -0.15) is 0 Å². The summed E-state index contributed by atoms with van der Waals surface area (Å²) in [4.78, 5) is 52.1. The molecule has 1 N–H and O–H groups in total. The number of hydrogen-bond donors (Lipinski definition) is 1. The Labute approximate surface area is 408 Å². The van der Waals surface area contributed by atoms with Crippen molar-refractivity contribution in [3.05, 3.63) is 77.4 Å². The number of carbonyl (C=O) groups excluding carboxylic acids is 4. The summed E-state index contributed by atoms with van der Waals surface area (Å²) in [5.41, 5.74) is 4.27. The lowest BCUT2D eigenvalue weighted by atomic mass is 9.77. The molecule has 2 saturated carbocycles. The highest BCUT2D eigenvalue weighted by molar-refractivity contribution is 5.96. The average Bonchev–Trinajstić information content (AvgIpc) is 3.33. The summed E-state index contributed by atoms with van der Waals surface area (Å²) < 4.78 is 28.9. The van der Waals surface area contributed by atoms with Gasteiger partial charge in [-0.05, 0) is 149 Å². The maximum atomic E-state index is 12.6. The molecule has 0 aliphatic heterocycles. The number of nitrogens with zero attached hydrogens (tertiary/aromatic N) is 1. The van der Waals surface area contributed by atoms with E-state index in [1.54, 1.807) is 13.8 Å². The molecule has 0 heterocycles. The standard InChI is InChI=1S/C57H85NO10/c1-7-8-11-16-45-19-23-47(24-20-45)49-26-28-53(54(41-49)68-57(63)43(4)5)65-36-13-10-15-38-67-56(62)30-32-58(33-34-59)31-29-55(61)66-37-14-9-12-35-64-52-27-25-48(46-21-17-44(6)18-22-46)39-50(52)40-51(60)42(2)3/h25-28,39,41,44-47,59H,2,4,7-24,29-38,40H2,1,3,5-6H3. The Kier molecular flexibility index (Phi) is 26.1. The zero-order valence-corrected chi connectivity index (χ0v) is 42.3. The van der Waals surface area contributed by atoms with Crippen molar-refractivity contribution in [3.63, 3.8) is 0 Å². The Hall–Kier alpha value is -4.48. The van der Waals surface area contributed by atoms with E-state index in [4.69, 9.17) is 23.7 Å². The minimum Gasteiger partial charge on any atom is -0.493 e. The Morgan fingerprint density at radius 3 is 1.74 bits per heavy atom. The number of benzene rings is 2. The molecule has 2 aliphatic rings. The summed E-state index contributed by atoms with van der Waals surface area (Å²) in [5.74, 6) is 3.18. The van der Waals surface area contributed by atoms with Crippen molar-refractivity contribution < 1.29 is 48.0 Å². The molecule has 0 saturated heterocycles. The van der Waals surface area contributed by atoms with Crippen molar-refractivity contribution in [2.75, 3.05) is 52.7 Å². The van der Waals surface area contributed by atoms with Gasteiger partial charge in [0.15, 0.2) is 17.3 Å². The lowest BCUT2D eigenvalue weighted by Crippen LogP contribution is -2.32. The number of allylic oxidation sites excluding steroid dienone is 1. The molecule has 2 aromatic rings. The molecule has 0 bridgehead atoms. The zero-order chi connectivity index (χ0) is 49.1. The number of aliphatic hydroxyl groups is 1. The molecule has 2 aromatic carbocycles. The van der Waals surface area contributed by atoms with Crippen LogP contribution in [0.4, 0.5) is 0 Å². The second kappa shape index (κ2) is 31.6. The molecule has 68 heavy (non-hydrogen) atoms. The molecular weight excluding hydrogens is 859 g/mol. The number of esters is 3. The molecule has 2 fully saturated rings. The van der Waals surface area contributed by atoms with E-state index in [0.717, 1.165) is 61.7 Å². The van der Waals surface area contributed by atoms with Crippen LogP contribution in [0.1, 0.15) is 185 Å². The van der Waals surface area contributed by atoms with Gasteiger partial charge in [-0.1, -0.05) is 83.7 Å². The van der Waals surface area contributed by atoms with Crippen LogP contribution in [0.3, 0.4) is 0 Å². The van der Waals surface area contributed by atoms with Gasteiger partial charge < -0.3 is 28.8 Å². The summed E-state index contributed by atoms with van der Waals surface area (Å²) >= 11 is 0. The summed E-state index contributed by atoms with van der Waals surface area (Å²) in [6, 6.07) is 12.3. The number of aliphatic hydroxyl groups excluding tert-OH is 1. The van der Waals surface area contributed by atoms with Gasteiger partial charge in [0.2, 0.25) is 0 Å². The highest BCUT2D eigenvalue weighted by Crippen LogP contribution is 2.41. The third kappa shape index (κ3) is 21.0. The Morgan fingerprint density at radius 1 is 0.632 bits per heavy atom. The number of rotatable bonds is 33. The van der Waals surface area contributed by atoms with E-state index in [1.807, 2.05) is 23.1 Å². The van der Waals surface area contributed by atoms with Gasteiger partial charge in [0, 0.05) is 37.2 Å². The Morgan fingerprint density at radius 2 is 1.18 bits per heavy atom. The monoisotopic (exact) mass is 944 g/mol. The molecular formula is C57H85NO10. The van der Waals surface area contributed by atoms with E-state index in [9.17, 15) is 24.3 Å². The molecule has 4 rings (SSSR count). The van der Waals surface area contributed by atoms with Crippen LogP contribution < -0.4 is 14.2 Å². The van der Waals surface area contributed by atoms with E-state index in [0.29, 0.717) is 93.4 Å². The summed E-state index contributed by atoms with van der Waals surface area (Å²) in [6.45, 7) is 18.0. The number of ether oxygens (including phenoxy) is 5. The predicted molar refractivity (Wildman–Crippen MR) is 269 cm³/mol. The molecule has 0 amide bonds. The number of carbonyl (C=O) groups is 4. The highest BCUT2D eigenvalue weighted by Gasteiger charge is 2.25. The topological polar surface area (TPSA) is 138 Å². The van der Waals surface area contributed by atoms with Crippen molar-refractivity contribution in [2.24, 2.45) is 11.8 Å². The van der Waals surface area contributed by atoms with E-state index in [2.05, 4.69) is 45.2 Å². The Balaban J connectivity index is 1.06. The van der Waals surface area contributed by atoms with E-state index < -0.39 is 5.97 Å². The van der Waals surface area contributed by atoms with Crippen molar-refractivity contribution in [1.29, 1.82) is 0 Å². The van der Waals surface area contributed by atoms with Crippen LogP contribution in [-0.4, -0.2) is 86.4 Å². The molecule has 0 radical (unpaired) electrons. The number of ketones is 1. The fourth-order valence-electron chi connectivity index (χ4n) is 9.30. The summed E-state index contributed by atoms with van der Waals surface area (Å²) in [5, 5.41) is 9.59. The van der Waals surface area contributed by atoms with E-state index in [1.165, 1.54) is 75.3 Å². The van der Waals surface area contributed by atoms with Gasteiger partial charge >= 0.3 is 17.9 Å². The van der Waals surface area contributed by atoms with Crippen molar-refractivity contribution >= 4 is 23.7 Å². The van der Waals surface area contributed by atoms with Gasteiger partial charge in [0.05, 0.1) is 45.9 Å². The minimum atomic E-state index is -0.470. The maximum Gasteiger partial charge on any atom is 0.338 e. The third-order valence-electron chi connectivity index (χ3n) is 13.8. The number of Topliss-reactive ketones (excluding diaryl/α,β-unsaturated/α-hetero) is 1. The third-order valence-corrected chi connectivity index (χ3v) is 13.8. The lowest BCUT2D eigenvalue weighted by Gasteiger charge is -2.29.